The molecule has 0 saturated heterocycles. The number of carboxylic acids is 1. The van der Waals surface area contributed by atoms with Crippen LogP contribution in [-0.4, -0.2) is 27.9 Å². The average molecular weight is 248 g/mol. The second-order valence-corrected chi connectivity index (χ2v) is 3.55. The van der Waals surface area contributed by atoms with Gasteiger partial charge in [-0.25, -0.2) is 15.6 Å². The van der Waals surface area contributed by atoms with Crippen molar-refractivity contribution in [1.29, 1.82) is 0 Å². The Kier molecular flexibility index (Phi) is 4.33. The summed E-state index contributed by atoms with van der Waals surface area (Å²) in [6, 6.07) is 6.48. The second kappa shape index (κ2) is 5.74. The fourth-order valence-corrected chi connectivity index (χ4v) is 1.16. The van der Waals surface area contributed by atoms with Crippen LogP contribution in [0, 0.1) is 6.92 Å². The molecule has 0 aromatic heterocycles. The number of benzene rings is 1. The largest absolute Gasteiger partial charge is 0.478 e. The molecule has 1 rings (SSSR count). The number of carbonyl (C=O) groups is 3. The van der Waals surface area contributed by atoms with Crippen LogP contribution in [0.3, 0.4) is 0 Å². The number of rotatable bonds is 3. The number of hydrogen-bond donors (Lipinski definition) is 2. The molecule has 0 bridgehead atoms. The fraction of sp³-hybridized carbons (Fsp3) is 0.0833. The Morgan fingerprint density at radius 1 is 1.17 bits per heavy atom. The average Bonchev–Trinajstić information content (AvgIpc) is 2.35. The molecule has 0 aliphatic heterocycles. The van der Waals surface area contributed by atoms with Crippen molar-refractivity contribution in [1.82, 2.24) is 5.01 Å². The smallest absolute Gasteiger partial charge is 0.328 e. The number of nitrogens with zero attached hydrogens (tertiary/aromatic N) is 1. The number of imide groups is 1. The first kappa shape index (κ1) is 13.6. The third-order valence-corrected chi connectivity index (χ3v) is 2.12. The summed E-state index contributed by atoms with van der Waals surface area (Å²) in [4.78, 5) is 33.3. The maximum absolute atomic E-state index is 11.7. The molecule has 0 spiro atoms. The zero-order valence-corrected chi connectivity index (χ0v) is 9.66. The van der Waals surface area contributed by atoms with E-state index in [-0.39, 0.29) is 5.56 Å². The van der Waals surface area contributed by atoms with Gasteiger partial charge in [-0.1, -0.05) is 17.7 Å². The molecule has 18 heavy (non-hydrogen) atoms. The quantitative estimate of drug-likeness (QED) is 0.350. The normalized spacial score (nSPS) is 10.3. The van der Waals surface area contributed by atoms with E-state index in [1.165, 1.54) is 12.1 Å². The van der Waals surface area contributed by atoms with Gasteiger partial charge < -0.3 is 5.11 Å². The molecule has 0 heterocycles. The molecule has 1 aromatic rings. The highest BCUT2D eigenvalue weighted by Gasteiger charge is 2.17. The molecule has 6 heteroatoms. The molecule has 1 aromatic carbocycles. The van der Waals surface area contributed by atoms with Crippen LogP contribution in [0.15, 0.2) is 36.4 Å². The van der Waals surface area contributed by atoms with Gasteiger partial charge in [0, 0.05) is 17.7 Å². The van der Waals surface area contributed by atoms with E-state index >= 15 is 0 Å². The third-order valence-electron chi connectivity index (χ3n) is 2.12. The number of aryl methyl sites for hydroxylation is 1. The lowest BCUT2D eigenvalue weighted by molar-refractivity contribution is -0.132. The molecule has 94 valence electrons. The molecule has 0 radical (unpaired) electrons. The molecular formula is C12H12N2O4. The molecule has 0 aliphatic carbocycles. The van der Waals surface area contributed by atoms with Gasteiger partial charge in [-0.05, 0) is 19.1 Å². The van der Waals surface area contributed by atoms with Gasteiger partial charge in [0.25, 0.3) is 11.8 Å². The molecule has 2 amide bonds. The van der Waals surface area contributed by atoms with Crippen LogP contribution in [0.25, 0.3) is 0 Å². The molecule has 3 N–H and O–H groups in total. The summed E-state index contributed by atoms with van der Waals surface area (Å²) < 4.78 is 0. The standard InChI is InChI=1S/C12H12N2O4/c1-8-2-4-9(5-3-8)12(18)14(13)10(15)6-7-11(16)17/h2-7H,13H2,1H3,(H,16,17)/b7-6-. The van der Waals surface area contributed by atoms with Gasteiger partial charge in [-0.2, -0.15) is 0 Å². The van der Waals surface area contributed by atoms with E-state index in [9.17, 15) is 14.4 Å². The molecule has 0 fully saturated rings. The molecule has 0 atom stereocenters. The van der Waals surface area contributed by atoms with E-state index < -0.39 is 17.8 Å². The fourth-order valence-electron chi connectivity index (χ4n) is 1.16. The van der Waals surface area contributed by atoms with Crippen LogP contribution in [0.5, 0.6) is 0 Å². The van der Waals surface area contributed by atoms with Crippen LogP contribution in [-0.2, 0) is 9.59 Å². The van der Waals surface area contributed by atoms with Crippen molar-refractivity contribution < 1.29 is 19.5 Å². The minimum absolute atomic E-state index is 0.250. The zero-order valence-electron chi connectivity index (χ0n) is 9.66. The lowest BCUT2D eigenvalue weighted by Crippen LogP contribution is -2.41. The van der Waals surface area contributed by atoms with Gasteiger partial charge in [0.1, 0.15) is 0 Å². The second-order valence-electron chi connectivity index (χ2n) is 3.55. The topological polar surface area (TPSA) is 101 Å². The number of aliphatic carboxylic acids is 1. The van der Waals surface area contributed by atoms with E-state index in [0.717, 1.165) is 5.56 Å². The Morgan fingerprint density at radius 3 is 2.22 bits per heavy atom. The molecule has 0 unspecified atom stereocenters. The van der Waals surface area contributed by atoms with Gasteiger partial charge in [0.2, 0.25) is 0 Å². The third kappa shape index (κ3) is 3.53. The lowest BCUT2D eigenvalue weighted by Gasteiger charge is -2.12. The van der Waals surface area contributed by atoms with Gasteiger partial charge in [-0.15, -0.1) is 0 Å². The van der Waals surface area contributed by atoms with E-state index in [2.05, 4.69) is 0 Å². The van der Waals surface area contributed by atoms with E-state index in [1.807, 2.05) is 6.92 Å². The summed E-state index contributed by atoms with van der Waals surface area (Å²) in [6.45, 7) is 1.86. The predicted octanol–water partition coefficient (Wildman–Crippen LogP) is 0.478. The molecule has 0 saturated carbocycles. The zero-order chi connectivity index (χ0) is 13.7. The Bertz CT molecular complexity index is 505. The highest BCUT2D eigenvalue weighted by atomic mass is 16.4. The van der Waals surface area contributed by atoms with Crippen LogP contribution < -0.4 is 5.84 Å². The van der Waals surface area contributed by atoms with E-state index in [4.69, 9.17) is 10.9 Å². The van der Waals surface area contributed by atoms with Crippen molar-refractivity contribution in [3.63, 3.8) is 0 Å². The Hall–Kier alpha value is -2.47. The summed E-state index contributed by atoms with van der Waals surface area (Å²) in [5, 5.41) is 8.71. The highest BCUT2D eigenvalue weighted by Crippen LogP contribution is 2.05. The number of carboxylic acid groups (broad SMARTS) is 1. The predicted molar refractivity (Wildman–Crippen MR) is 63.3 cm³/mol. The summed E-state index contributed by atoms with van der Waals surface area (Å²) in [6.07, 6.45) is 1.33. The Balaban J connectivity index is 2.81. The minimum atomic E-state index is -1.29. The summed E-state index contributed by atoms with van der Waals surface area (Å²) in [5.41, 5.74) is 1.22. The first-order valence-corrected chi connectivity index (χ1v) is 5.02. The minimum Gasteiger partial charge on any atom is -0.478 e. The maximum Gasteiger partial charge on any atom is 0.328 e. The first-order chi connectivity index (χ1) is 8.41. The van der Waals surface area contributed by atoms with Crippen LogP contribution in [0.2, 0.25) is 0 Å². The van der Waals surface area contributed by atoms with Crippen LogP contribution in [0.4, 0.5) is 0 Å². The Morgan fingerprint density at radius 2 is 1.72 bits per heavy atom. The number of carbonyl (C=O) groups excluding carboxylic acids is 2. The highest BCUT2D eigenvalue weighted by molar-refractivity contribution is 6.08. The number of amides is 2. The summed E-state index contributed by atoms with van der Waals surface area (Å²) >= 11 is 0. The van der Waals surface area contributed by atoms with Gasteiger partial charge in [-0.3, -0.25) is 9.59 Å². The van der Waals surface area contributed by atoms with Gasteiger partial charge >= 0.3 is 5.97 Å². The van der Waals surface area contributed by atoms with Crippen molar-refractivity contribution in [2.75, 3.05) is 0 Å². The van der Waals surface area contributed by atoms with Crippen molar-refractivity contribution in [3.05, 3.63) is 47.5 Å². The van der Waals surface area contributed by atoms with Crippen LogP contribution >= 0.6 is 0 Å². The van der Waals surface area contributed by atoms with Crippen molar-refractivity contribution >= 4 is 17.8 Å². The van der Waals surface area contributed by atoms with Crippen molar-refractivity contribution in [3.8, 4) is 0 Å². The Labute approximate surface area is 103 Å². The van der Waals surface area contributed by atoms with E-state index in [0.29, 0.717) is 17.2 Å². The van der Waals surface area contributed by atoms with Gasteiger partial charge in [0.15, 0.2) is 0 Å². The summed E-state index contributed by atoms with van der Waals surface area (Å²) in [5.74, 6) is 2.42. The SMILES string of the molecule is Cc1ccc(C(=O)N(N)C(=O)/C=C\C(=O)O)cc1. The first-order valence-electron chi connectivity index (χ1n) is 5.02. The van der Waals surface area contributed by atoms with Crippen molar-refractivity contribution in [2.45, 2.75) is 6.92 Å². The summed E-state index contributed by atoms with van der Waals surface area (Å²) in [7, 11) is 0. The van der Waals surface area contributed by atoms with Crippen LogP contribution in [0.1, 0.15) is 15.9 Å². The number of hydrogen-bond acceptors (Lipinski definition) is 4. The molecule has 0 aliphatic rings. The van der Waals surface area contributed by atoms with Crippen molar-refractivity contribution in [2.24, 2.45) is 5.84 Å². The number of hydrazine groups is 1. The monoisotopic (exact) mass is 248 g/mol. The molecular weight excluding hydrogens is 236 g/mol. The van der Waals surface area contributed by atoms with Gasteiger partial charge in [0.05, 0.1) is 0 Å². The maximum atomic E-state index is 11.7. The molecule has 6 nitrogen and oxygen atoms in total. The number of nitrogens with two attached hydrogens (primary N) is 1. The van der Waals surface area contributed by atoms with E-state index in [1.54, 1.807) is 12.1 Å². The lowest BCUT2D eigenvalue weighted by atomic mass is 10.1.